The first-order valence-electron chi connectivity index (χ1n) is 6.95. The molecule has 0 spiro atoms. The molecule has 0 saturated heterocycles. The number of methoxy groups -OCH3 is 1. The molecule has 0 fully saturated rings. The molecule has 0 radical (unpaired) electrons. The second-order valence-corrected chi connectivity index (χ2v) is 4.72. The molecule has 0 aliphatic carbocycles. The highest BCUT2D eigenvalue weighted by Gasteiger charge is 2.18. The molecule has 0 heterocycles. The zero-order chi connectivity index (χ0) is 15.8. The molecule has 4 N–H and O–H groups in total. The van der Waals surface area contributed by atoms with Gasteiger partial charge in [0.25, 0.3) is 0 Å². The number of ether oxygens (including phenoxy) is 1. The van der Waals surface area contributed by atoms with Gasteiger partial charge < -0.3 is 21.1 Å². The van der Waals surface area contributed by atoms with Crippen molar-refractivity contribution in [3.05, 3.63) is 23.8 Å². The van der Waals surface area contributed by atoms with E-state index >= 15 is 0 Å². The number of nitrogen functional groups attached to an aromatic ring is 1. The number of ketones is 1. The Labute approximate surface area is 125 Å². The lowest BCUT2D eigenvalue weighted by Gasteiger charge is -2.16. The monoisotopic (exact) mass is 293 g/mol. The predicted molar refractivity (Wildman–Crippen MR) is 82.5 cm³/mol. The molecule has 21 heavy (non-hydrogen) atoms. The third-order valence-corrected chi connectivity index (χ3v) is 3.13. The highest BCUT2D eigenvalue weighted by atomic mass is 16.5. The second kappa shape index (κ2) is 8.26. The van der Waals surface area contributed by atoms with Gasteiger partial charge in [-0.2, -0.15) is 0 Å². The normalized spacial score (nSPS) is 11.8. The molecule has 0 aliphatic rings. The number of anilines is 1. The van der Waals surface area contributed by atoms with E-state index < -0.39 is 0 Å². The first-order chi connectivity index (χ1) is 9.99. The van der Waals surface area contributed by atoms with Crippen LogP contribution in [0.3, 0.4) is 0 Å². The summed E-state index contributed by atoms with van der Waals surface area (Å²) in [5.74, 6) is 0.451. The SMILES string of the molecule is CCC(NCCNC(C)=O)C(=O)c1ccc(OC)c(N)c1. The van der Waals surface area contributed by atoms with E-state index in [0.29, 0.717) is 36.5 Å². The van der Waals surface area contributed by atoms with Crippen LogP contribution in [0.5, 0.6) is 5.75 Å². The van der Waals surface area contributed by atoms with Crippen molar-refractivity contribution in [1.29, 1.82) is 0 Å². The Morgan fingerprint density at radius 3 is 2.57 bits per heavy atom. The summed E-state index contributed by atoms with van der Waals surface area (Å²) in [7, 11) is 1.53. The molecule has 6 heteroatoms. The van der Waals surface area contributed by atoms with E-state index in [-0.39, 0.29) is 17.7 Å². The summed E-state index contributed by atoms with van der Waals surface area (Å²) in [6.45, 7) is 4.42. The van der Waals surface area contributed by atoms with Gasteiger partial charge in [-0.1, -0.05) is 6.92 Å². The van der Waals surface area contributed by atoms with Crippen molar-refractivity contribution in [3.63, 3.8) is 0 Å². The number of rotatable bonds is 8. The Morgan fingerprint density at radius 1 is 1.33 bits per heavy atom. The maximum atomic E-state index is 12.4. The lowest BCUT2D eigenvalue weighted by Crippen LogP contribution is -2.40. The van der Waals surface area contributed by atoms with E-state index in [2.05, 4.69) is 10.6 Å². The largest absolute Gasteiger partial charge is 0.495 e. The molecule has 1 rings (SSSR count). The van der Waals surface area contributed by atoms with Crippen LogP contribution in [-0.4, -0.2) is 37.9 Å². The number of amides is 1. The summed E-state index contributed by atoms with van der Waals surface area (Å²) in [5.41, 5.74) is 6.81. The predicted octanol–water partition coefficient (Wildman–Crippen LogP) is 0.964. The number of hydrogen-bond donors (Lipinski definition) is 3. The Hall–Kier alpha value is -2.08. The number of Topliss-reactive ketones (excluding diaryl/α,β-unsaturated/α-hetero) is 1. The van der Waals surface area contributed by atoms with E-state index in [1.54, 1.807) is 18.2 Å². The van der Waals surface area contributed by atoms with Crippen LogP contribution in [0.1, 0.15) is 30.6 Å². The number of carbonyl (C=O) groups is 2. The maximum Gasteiger partial charge on any atom is 0.216 e. The molecule has 1 unspecified atom stereocenters. The molecule has 116 valence electrons. The Morgan fingerprint density at radius 2 is 2.05 bits per heavy atom. The Kier molecular flexibility index (Phi) is 6.68. The maximum absolute atomic E-state index is 12.4. The van der Waals surface area contributed by atoms with Gasteiger partial charge in [-0.3, -0.25) is 9.59 Å². The molecular formula is C15H23N3O3. The Bertz CT molecular complexity index is 503. The van der Waals surface area contributed by atoms with Crippen LogP contribution in [0, 0.1) is 0 Å². The lowest BCUT2D eigenvalue weighted by atomic mass is 10.0. The zero-order valence-corrected chi connectivity index (χ0v) is 12.7. The average Bonchev–Trinajstić information content (AvgIpc) is 2.46. The van der Waals surface area contributed by atoms with Gasteiger partial charge in [-0.05, 0) is 24.6 Å². The first kappa shape index (κ1) is 17.0. The zero-order valence-electron chi connectivity index (χ0n) is 12.7. The van der Waals surface area contributed by atoms with Gasteiger partial charge in [0, 0.05) is 25.6 Å². The number of nitrogens with two attached hydrogens (primary N) is 1. The highest BCUT2D eigenvalue weighted by Crippen LogP contribution is 2.22. The number of hydrogen-bond acceptors (Lipinski definition) is 5. The molecule has 1 atom stereocenters. The van der Waals surface area contributed by atoms with Crippen LogP contribution in [0.15, 0.2) is 18.2 Å². The average molecular weight is 293 g/mol. The van der Waals surface area contributed by atoms with Gasteiger partial charge >= 0.3 is 0 Å². The van der Waals surface area contributed by atoms with Crippen molar-refractivity contribution in [3.8, 4) is 5.75 Å². The molecule has 0 bridgehead atoms. The van der Waals surface area contributed by atoms with Crippen LogP contribution >= 0.6 is 0 Å². The highest BCUT2D eigenvalue weighted by molar-refractivity contribution is 6.01. The fraction of sp³-hybridized carbons (Fsp3) is 0.467. The number of carbonyl (C=O) groups excluding carboxylic acids is 2. The second-order valence-electron chi connectivity index (χ2n) is 4.72. The van der Waals surface area contributed by atoms with Crippen LogP contribution in [0.25, 0.3) is 0 Å². The Balaban J connectivity index is 2.65. The van der Waals surface area contributed by atoms with Crippen molar-refractivity contribution >= 4 is 17.4 Å². The van der Waals surface area contributed by atoms with Gasteiger partial charge in [-0.25, -0.2) is 0 Å². The number of nitrogens with one attached hydrogen (secondary N) is 2. The van der Waals surface area contributed by atoms with Gasteiger partial charge in [0.05, 0.1) is 18.8 Å². The lowest BCUT2D eigenvalue weighted by molar-refractivity contribution is -0.118. The van der Waals surface area contributed by atoms with Crippen LogP contribution in [0.4, 0.5) is 5.69 Å². The summed E-state index contributed by atoms with van der Waals surface area (Å²) in [6, 6.07) is 4.72. The quantitative estimate of drug-likeness (QED) is 0.377. The smallest absolute Gasteiger partial charge is 0.216 e. The van der Waals surface area contributed by atoms with Crippen LogP contribution < -0.4 is 21.1 Å². The minimum Gasteiger partial charge on any atom is -0.495 e. The van der Waals surface area contributed by atoms with Gasteiger partial charge in [0.2, 0.25) is 5.91 Å². The van der Waals surface area contributed by atoms with Crippen molar-refractivity contribution in [2.45, 2.75) is 26.3 Å². The molecule has 0 aliphatic heterocycles. The minimum absolute atomic E-state index is 0.0188. The molecule has 1 amide bonds. The van der Waals surface area contributed by atoms with E-state index in [1.165, 1.54) is 14.0 Å². The van der Waals surface area contributed by atoms with E-state index in [9.17, 15) is 9.59 Å². The van der Waals surface area contributed by atoms with Crippen molar-refractivity contribution in [1.82, 2.24) is 10.6 Å². The fourth-order valence-corrected chi connectivity index (χ4v) is 2.00. The van der Waals surface area contributed by atoms with Crippen molar-refractivity contribution in [2.75, 3.05) is 25.9 Å². The van der Waals surface area contributed by atoms with Gasteiger partial charge in [0.15, 0.2) is 5.78 Å². The molecule has 0 saturated carbocycles. The van der Waals surface area contributed by atoms with Gasteiger partial charge in [-0.15, -0.1) is 0 Å². The van der Waals surface area contributed by atoms with Crippen LogP contribution in [-0.2, 0) is 4.79 Å². The summed E-state index contributed by atoms with van der Waals surface area (Å²) < 4.78 is 5.08. The topological polar surface area (TPSA) is 93.4 Å². The van der Waals surface area contributed by atoms with E-state index in [1.807, 2.05) is 6.92 Å². The van der Waals surface area contributed by atoms with E-state index in [0.717, 1.165) is 0 Å². The third-order valence-electron chi connectivity index (χ3n) is 3.13. The summed E-state index contributed by atoms with van der Waals surface area (Å²) in [6.07, 6.45) is 0.658. The van der Waals surface area contributed by atoms with E-state index in [4.69, 9.17) is 10.5 Å². The molecule has 0 aromatic heterocycles. The summed E-state index contributed by atoms with van der Waals surface area (Å²) >= 11 is 0. The molecule has 1 aromatic carbocycles. The first-order valence-corrected chi connectivity index (χ1v) is 6.95. The third kappa shape index (κ3) is 5.07. The van der Waals surface area contributed by atoms with Crippen LogP contribution in [0.2, 0.25) is 0 Å². The minimum atomic E-state index is -0.299. The fourth-order valence-electron chi connectivity index (χ4n) is 2.00. The molecule has 6 nitrogen and oxygen atoms in total. The standard InChI is InChI=1S/C15H23N3O3/c1-4-13(18-8-7-17-10(2)19)15(20)11-5-6-14(21-3)12(16)9-11/h5-6,9,13,18H,4,7-8,16H2,1-3H3,(H,17,19). The van der Waals surface area contributed by atoms with Crippen molar-refractivity contribution in [2.24, 2.45) is 0 Å². The van der Waals surface area contributed by atoms with Crippen molar-refractivity contribution < 1.29 is 14.3 Å². The number of benzene rings is 1. The molecular weight excluding hydrogens is 270 g/mol. The van der Waals surface area contributed by atoms with Gasteiger partial charge in [0.1, 0.15) is 5.75 Å². The summed E-state index contributed by atoms with van der Waals surface area (Å²) in [4.78, 5) is 23.2. The summed E-state index contributed by atoms with van der Waals surface area (Å²) in [5, 5.41) is 5.81. The molecule has 1 aromatic rings.